The molecule has 0 N–H and O–H groups in total. The molecule has 3 rings (SSSR count). The first-order valence-corrected chi connectivity index (χ1v) is 7.96. The minimum atomic E-state index is -0.386. The zero-order chi connectivity index (χ0) is 14.7. The average Bonchev–Trinajstić information content (AvgIpc) is 2.56. The molecule has 0 spiro atoms. The van der Waals surface area contributed by atoms with Gasteiger partial charge in [0, 0.05) is 6.20 Å². The molecule has 1 aromatic carbocycles. The van der Waals surface area contributed by atoms with Crippen LogP contribution in [0, 0.1) is 5.95 Å². The summed E-state index contributed by atoms with van der Waals surface area (Å²) in [6, 6.07) is 12.5. The van der Waals surface area contributed by atoms with Crippen LogP contribution < -0.4 is 0 Å². The van der Waals surface area contributed by atoms with Gasteiger partial charge in [0.05, 0.1) is 0 Å². The average molecular weight is 283 g/mol. The van der Waals surface area contributed by atoms with Gasteiger partial charge in [-0.1, -0.05) is 37.3 Å². The Bertz CT molecular complexity index is 566. The zero-order valence-corrected chi connectivity index (χ0v) is 12.6. The summed E-state index contributed by atoms with van der Waals surface area (Å²) < 4.78 is 12.9. The monoisotopic (exact) mass is 283 g/mol. The number of pyridine rings is 1. The Hall–Kier alpha value is -1.70. The summed E-state index contributed by atoms with van der Waals surface area (Å²) in [5.41, 5.74) is 4.07. The van der Waals surface area contributed by atoms with Crippen LogP contribution >= 0.6 is 0 Å². The second-order valence-corrected chi connectivity index (χ2v) is 6.06. The minimum Gasteiger partial charge on any atom is -0.228 e. The van der Waals surface area contributed by atoms with Gasteiger partial charge in [-0.2, -0.15) is 4.39 Å². The Morgan fingerprint density at radius 3 is 2.00 bits per heavy atom. The maximum absolute atomic E-state index is 12.9. The van der Waals surface area contributed by atoms with Gasteiger partial charge >= 0.3 is 0 Å². The summed E-state index contributed by atoms with van der Waals surface area (Å²) >= 11 is 0. The molecule has 1 heterocycles. The number of rotatable bonds is 3. The molecule has 2 heteroatoms. The van der Waals surface area contributed by atoms with Gasteiger partial charge in [0.25, 0.3) is 0 Å². The van der Waals surface area contributed by atoms with Gasteiger partial charge in [-0.25, -0.2) is 4.98 Å². The highest BCUT2D eigenvalue weighted by Crippen LogP contribution is 2.40. The fraction of sp³-hybridized carbons (Fsp3) is 0.421. The Labute approximate surface area is 126 Å². The molecule has 0 atom stereocenters. The van der Waals surface area contributed by atoms with Crippen LogP contribution in [0.3, 0.4) is 0 Å². The van der Waals surface area contributed by atoms with Gasteiger partial charge in [0.2, 0.25) is 5.95 Å². The second-order valence-electron chi connectivity index (χ2n) is 6.06. The molecule has 110 valence electrons. The van der Waals surface area contributed by atoms with E-state index in [-0.39, 0.29) is 5.95 Å². The number of aryl methyl sites for hydroxylation is 1. The van der Waals surface area contributed by atoms with E-state index in [1.807, 2.05) is 6.07 Å². The van der Waals surface area contributed by atoms with Crippen molar-refractivity contribution in [2.45, 2.75) is 50.9 Å². The Morgan fingerprint density at radius 2 is 1.48 bits per heavy atom. The summed E-state index contributed by atoms with van der Waals surface area (Å²) in [4.78, 5) is 3.78. The van der Waals surface area contributed by atoms with E-state index >= 15 is 0 Å². The van der Waals surface area contributed by atoms with Gasteiger partial charge in [-0.05, 0) is 66.7 Å². The van der Waals surface area contributed by atoms with Crippen LogP contribution in [-0.2, 0) is 6.42 Å². The first-order chi connectivity index (χ1) is 10.3. The van der Waals surface area contributed by atoms with Crippen molar-refractivity contribution in [2.24, 2.45) is 0 Å². The lowest BCUT2D eigenvalue weighted by Crippen LogP contribution is -2.12. The first kappa shape index (κ1) is 14.2. The number of halogens is 1. The summed E-state index contributed by atoms with van der Waals surface area (Å²) in [5, 5.41) is 0. The molecule has 1 aliphatic rings. The Balaban J connectivity index is 1.62. The molecule has 2 aromatic rings. The maximum Gasteiger partial charge on any atom is 0.212 e. The molecule has 1 aromatic heterocycles. The van der Waals surface area contributed by atoms with Gasteiger partial charge in [0.1, 0.15) is 0 Å². The maximum atomic E-state index is 12.9. The largest absolute Gasteiger partial charge is 0.228 e. The molecule has 0 unspecified atom stereocenters. The molecular formula is C19H22FN. The van der Waals surface area contributed by atoms with Crippen molar-refractivity contribution in [3.8, 4) is 0 Å². The molecule has 0 aliphatic heterocycles. The van der Waals surface area contributed by atoms with Gasteiger partial charge in [-0.15, -0.1) is 0 Å². The lowest BCUT2D eigenvalue weighted by atomic mass is 9.76. The summed E-state index contributed by atoms with van der Waals surface area (Å²) in [6.07, 6.45) is 7.59. The van der Waals surface area contributed by atoms with E-state index in [1.165, 1.54) is 48.4 Å². The van der Waals surface area contributed by atoms with E-state index in [9.17, 15) is 4.39 Å². The third-order valence-electron chi connectivity index (χ3n) is 4.81. The van der Waals surface area contributed by atoms with E-state index in [0.717, 1.165) is 6.42 Å². The molecule has 0 bridgehead atoms. The van der Waals surface area contributed by atoms with E-state index in [0.29, 0.717) is 11.8 Å². The number of benzene rings is 1. The Kier molecular flexibility index (Phi) is 4.33. The lowest BCUT2D eigenvalue weighted by molar-refractivity contribution is 0.395. The van der Waals surface area contributed by atoms with Crippen molar-refractivity contribution < 1.29 is 4.39 Å². The van der Waals surface area contributed by atoms with Crippen LogP contribution in [0.1, 0.15) is 61.1 Å². The van der Waals surface area contributed by atoms with E-state index in [2.05, 4.69) is 36.2 Å². The molecule has 1 nitrogen and oxygen atoms in total. The summed E-state index contributed by atoms with van der Waals surface area (Å²) in [5.74, 6) is 0.841. The molecule has 0 amide bonds. The number of hydrogen-bond acceptors (Lipinski definition) is 1. The summed E-state index contributed by atoms with van der Waals surface area (Å²) in [6.45, 7) is 2.19. The normalized spacial score (nSPS) is 22.2. The van der Waals surface area contributed by atoms with Crippen LogP contribution in [0.25, 0.3) is 0 Å². The number of nitrogens with zero attached hydrogens (tertiary/aromatic N) is 1. The van der Waals surface area contributed by atoms with Crippen molar-refractivity contribution in [1.82, 2.24) is 4.98 Å². The van der Waals surface area contributed by atoms with Crippen LogP contribution in [0.15, 0.2) is 42.6 Å². The molecule has 1 aliphatic carbocycles. The number of aromatic nitrogens is 1. The van der Waals surface area contributed by atoms with E-state index < -0.39 is 0 Å². The summed E-state index contributed by atoms with van der Waals surface area (Å²) in [7, 11) is 0. The molecule has 1 saturated carbocycles. The van der Waals surface area contributed by atoms with Crippen LogP contribution in [0.5, 0.6) is 0 Å². The van der Waals surface area contributed by atoms with Crippen LogP contribution in [0.2, 0.25) is 0 Å². The van der Waals surface area contributed by atoms with Crippen molar-refractivity contribution >= 4 is 0 Å². The SMILES string of the molecule is CCc1ccc([C@H]2CC[C@H](c3ccc(F)nc3)CC2)cc1. The van der Waals surface area contributed by atoms with Gasteiger partial charge in [0.15, 0.2) is 0 Å². The van der Waals surface area contributed by atoms with Crippen molar-refractivity contribution in [1.29, 1.82) is 0 Å². The third-order valence-corrected chi connectivity index (χ3v) is 4.81. The fourth-order valence-corrected chi connectivity index (χ4v) is 3.41. The van der Waals surface area contributed by atoms with Crippen molar-refractivity contribution in [3.05, 3.63) is 65.2 Å². The predicted molar refractivity (Wildman–Crippen MR) is 84.0 cm³/mol. The van der Waals surface area contributed by atoms with Gasteiger partial charge < -0.3 is 0 Å². The highest BCUT2D eigenvalue weighted by molar-refractivity contribution is 5.26. The fourth-order valence-electron chi connectivity index (χ4n) is 3.41. The third kappa shape index (κ3) is 3.31. The standard InChI is InChI=1S/C19H22FN/c1-2-14-3-5-15(6-4-14)16-7-9-17(10-8-16)18-11-12-19(20)21-13-18/h3-6,11-13,16-17H,2,7-10H2,1H3/t16-,17-. The first-order valence-electron chi connectivity index (χ1n) is 7.96. The molecule has 0 saturated heterocycles. The van der Waals surface area contributed by atoms with Gasteiger partial charge in [-0.3, -0.25) is 0 Å². The Morgan fingerprint density at radius 1 is 0.905 bits per heavy atom. The molecule has 0 radical (unpaired) electrons. The highest BCUT2D eigenvalue weighted by Gasteiger charge is 2.23. The van der Waals surface area contributed by atoms with Crippen LogP contribution in [-0.4, -0.2) is 4.98 Å². The number of hydrogen-bond donors (Lipinski definition) is 0. The zero-order valence-electron chi connectivity index (χ0n) is 12.6. The van der Waals surface area contributed by atoms with E-state index in [1.54, 1.807) is 6.20 Å². The smallest absolute Gasteiger partial charge is 0.212 e. The second kappa shape index (κ2) is 6.38. The molecular weight excluding hydrogens is 261 g/mol. The van der Waals surface area contributed by atoms with E-state index in [4.69, 9.17) is 0 Å². The topological polar surface area (TPSA) is 12.9 Å². The van der Waals surface area contributed by atoms with Crippen LogP contribution in [0.4, 0.5) is 4.39 Å². The quantitative estimate of drug-likeness (QED) is 0.703. The van der Waals surface area contributed by atoms with Crippen molar-refractivity contribution in [3.63, 3.8) is 0 Å². The minimum absolute atomic E-state index is 0.386. The molecule has 1 fully saturated rings. The lowest BCUT2D eigenvalue weighted by Gasteiger charge is -2.29. The highest BCUT2D eigenvalue weighted by atomic mass is 19.1. The van der Waals surface area contributed by atoms with Crippen molar-refractivity contribution in [2.75, 3.05) is 0 Å². The predicted octanol–water partition coefficient (Wildman–Crippen LogP) is 5.22. The molecule has 21 heavy (non-hydrogen) atoms.